The van der Waals surface area contributed by atoms with Crippen LogP contribution in [0.2, 0.25) is 0 Å². The van der Waals surface area contributed by atoms with Crippen molar-refractivity contribution in [3.63, 3.8) is 0 Å². The van der Waals surface area contributed by atoms with Crippen molar-refractivity contribution in [3.8, 4) is 0 Å². The van der Waals surface area contributed by atoms with Gasteiger partial charge in [-0.2, -0.15) is 13.2 Å². The lowest BCUT2D eigenvalue weighted by molar-refractivity contribution is -0.137. The Balaban J connectivity index is 3.23. The van der Waals surface area contributed by atoms with E-state index in [2.05, 4.69) is 0 Å². The van der Waals surface area contributed by atoms with E-state index in [4.69, 9.17) is 11.8 Å². The van der Waals surface area contributed by atoms with Crippen molar-refractivity contribution >= 4 is 17.7 Å². The lowest BCUT2D eigenvalue weighted by Crippen LogP contribution is -2.19. The molecule has 0 bridgehead atoms. The molecule has 0 aliphatic heterocycles. The van der Waals surface area contributed by atoms with E-state index in [1.165, 1.54) is 12.1 Å². The van der Waals surface area contributed by atoms with Gasteiger partial charge in [-0.1, -0.05) is 12.1 Å². The van der Waals surface area contributed by atoms with Gasteiger partial charge in [0.15, 0.2) is 0 Å². The van der Waals surface area contributed by atoms with Gasteiger partial charge in [-0.05, 0) is 12.1 Å². The fourth-order valence-electron chi connectivity index (χ4n) is 0.979. The Morgan fingerprint density at radius 3 is 2.36 bits per heavy atom. The summed E-state index contributed by atoms with van der Waals surface area (Å²) in [6, 6.07) is 4.41. The first-order chi connectivity index (χ1) is 6.46. The van der Waals surface area contributed by atoms with Crippen molar-refractivity contribution in [1.82, 2.24) is 4.84 Å². The first kappa shape index (κ1) is 10.8. The third kappa shape index (κ3) is 2.17. The zero-order valence-corrected chi connectivity index (χ0v) is 7.49. The molecule has 0 aromatic heterocycles. The molecule has 1 rings (SSSR count). The maximum absolute atomic E-state index is 12.3. The predicted octanol–water partition coefficient (Wildman–Crippen LogP) is 2.59. The summed E-state index contributed by atoms with van der Waals surface area (Å²) in [6.07, 6.45) is -4.56. The predicted molar refractivity (Wildman–Crippen MR) is 44.8 cm³/mol. The summed E-state index contributed by atoms with van der Waals surface area (Å²) in [5.74, 6) is -0.973. The summed E-state index contributed by atoms with van der Waals surface area (Å²) >= 11 is 4.94. The van der Waals surface area contributed by atoms with Crippen LogP contribution < -0.4 is 4.84 Å². The van der Waals surface area contributed by atoms with Crippen LogP contribution in [-0.4, -0.2) is 5.91 Å². The Bertz CT molecular complexity index is 351. The molecular formula is C8H5ClF3NO. The van der Waals surface area contributed by atoms with Crippen molar-refractivity contribution in [2.45, 2.75) is 6.18 Å². The molecule has 6 heteroatoms. The fraction of sp³-hybridized carbons (Fsp3) is 0.125. The zero-order chi connectivity index (χ0) is 10.8. The van der Waals surface area contributed by atoms with E-state index in [0.29, 0.717) is 0 Å². The molecule has 0 saturated heterocycles. The van der Waals surface area contributed by atoms with Crippen LogP contribution in [0.1, 0.15) is 15.9 Å². The minimum absolute atomic E-state index is 0.491. The van der Waals surface area contributed by atoms with E-state index < -0.39 is 23.2 Å². The van der Waals surface area contributed by atoms with E-state index in [0.717, 1.165) is 12.1 Å². The molecule has 76 valence electrons. The van der Waals surface area contributed by atoms with Crippen LogP contribution in [0.4, 0.5) is 13.2 Å². The number of carbonyl (C=O) groups is 1. The molecule has 0 heterocycles. The summed E-state index contributed by atoms with van der Waals surface area (Å²) in [7, 11) is 0. The summed E-state index contributed by atoms with van der Waals surface area (Å²) in [5, 5.41) is 0. The molecule has 0 unspecified atom stereocenters. The highest BCUT2D eigenvalue weighted by atomic mass is 35.5. The molecule has 0 saturated carbocycles. The summed E-state index contributed by atoms with van der Waals surface area (Å²) in [6.45, 7) is 0. The zero-order valence-electron chi connectivity index (χ0n) is 6.73. The SMILES string of the molecule is O=C(NCl)c1ccccc1C(F)(F)F. The average Bonchev–Trinajstić information content (AvgIpc) is 2.15. The number of carbonyl (C=O) groups excluding carboxylic acids is 1. The number of amides is 1. The summed E-state index contributed by atoms with van der Waals surface area (Å²) in [4.78, 5) is 12.6. The maximum Gasteiger partial charge on any atom is 0.417 e. The van der Waals surface area contributed by atoms with Crippen LogP contribution in [0.5, 0.6) is 0 Å². The van der Waals surface area contributed by atoms with Crippen LogP contribution in [-0.2, 0) is 6.18 Å². The Morgan fingerprint density at radius 1 is 1.29 bits per heavy atom. The van der Waals surface area contributed by atoms with Gasteiger partial charge in [0, 0.05) is 11.8 Å². The summed E-state index contributed by atoms with van der Waals surface area (Å²) in [5.41, 5.74) is -1.49. The van der Waals surface area contributed by atoms with Gasteiger partial charge >= 0.3 is 6.18 Å². The van der Waals surface area contributed by atoms with Crippen molar-refractivity contribution in [1.29, 1.82) is 0 Å². The van der Waals surface area contributed by atoms with Crippen LogP contribution in [0.25, 0.3) is 0 Å². The molecule has 1 aromatic carbocycles. The smallest absolute Gasteiger partial charge is 0.268 e. The number of nitrogens with one attached hydrogen (secondary N) is 1. The second-order valence-corrected chi connectivity index (χ2v) is 2.66. The number of alkyl halides is 3. The minimum Gasteiger partial charge on any atom is -0.268 e. The topological polar surface area (TPSA) is 29.1 Å². The number of hydrogen-bond donors (Lipinski definition) is 1. The van der Waals surface area contributed by atoms with Gasteiger partial charge in [0.25, 0.3) is 5.91 Å². The van der Waals surface area contributed by atoms with Crippen molar-refractivity contribution < 1.29 is 18.0 Å². The third-order valence-corrected chi connectivity index (χ3v) is 1.73. The molecule has 0 fully saturated rings. The van der Waals surface area contributed by atoms with E-state index in [1.54, 1.807) is 4.84 Å². The number of hydrogen-bond acceptors (Lipinski definition) is 1. The Labute approximate surface area is 82.8 Å². The molecule has 0 radical (unpaired) electrons. The van der Waals surface area contributed by atoms with Crippen molar-refractivity contribution in [2.24, 2.45) is 0 Å². The van der Waals surface area contributed by atoms with E-state index >= 15 is 0 Å². The molecule has 0 atom stereocenters. The van der Waals surface area contributed by atoms with Crippen LogP contribution >= 0.6 is 11.8 Å². The van der Waals surface area contributed by atoms with Gasteiger partial charge in [-0.3, -0.25) is 9.63 Å². The molecule has 0 aliphatic carbocycles. The minimum atomic E-state index is -4.56. The average molecular weight is 224 g/mol. The Morgan fingerprint density at radius 2 is 1.86 bits per heavy atom. The second-order valence-electron chi connectivity index (χ2n) is 2.47. The van der Waals surface area contributed by atoms with Gasteiger partial charge < -0.3 is 0 Å². The normalized spacial score (nSPS) is 11.1. The molecule has 1 amide bonds. The largest absolute Gasteiger partial charge is 0.417 e. The molecule has 1 aromatic rings. The van der Waals surface area contributed by atoms with Crippen LogP contribution in [0.15, 0.2) is 24.3 Å². The second kappa shape index (κ2) is 3.88. The van der Waals surface area contributed by atoms with Crippen molar-refractivity contribution in [3.05, 3.63) is 35.4 Å². The monoisotopic (exact) mass is 223 g/mol. The Hall–Kier alpha value is -1.23. The molecule has 0 aliphatic rings. The van der Waals surface area contributed by atoms with Crippen LogP contribution in [0.3, 0.4) is 0 Å². The quantitative estimate of drug-likeness (QED) is 0.729. The highest BCUT2D eigenvalue weighted by molar-refractivity contribution is 6.24. The number of halogens is 4. The van der Waals surface area contributed by atoms with E-state index in [-0.39, 0.29) is 0 Å². The standard InChI is InChI=1S/C8H5ClF3NO/c9-13-7(14)5-3-1-2-4-6(5)8(10,11)12/h1-4H,(H,13,14). The van der Waals surface area contributed by atoms with Gasteiger partial charge in [0.1, 0.15) is 0 Å². The molecule has 1 N–H and O–H groups in total. The maximum atomic E-state index is 12.3. The molecule has 14 heavy (non-hydrogen) atoms. The molecule has 2 nitrogen and oxygen atoms in total. The van der Waals surface area contributed by atoms with E-state index in [9.17, 15) is 18.0 Å². The fourth-order valence-corrected chi connectivity index (χ4v) is 1.08. The van der Waals surface area contributed by atoms with Crippen LogP contribution in [0, 0.1) is 0 Å². The molecular weight excluding hydrogens is 219 g/mol. The first-order valence-corrected chi connectivity index (χ1v) is 3.92. The Kier molecular flexibility index (Phi) is 3.00. The summed E-state index contributed by atoms with van der Waals surface area (Å²) < 4.78 is 37.0. The molecule has 0 spiro atoms. The number of benzene rings is 1. The highest BCUT2D eigenvalue weighted by Crippen LogP contribution is 2.31. The lowest BCUT2D eigenvalue weighted by atomic mass is 10.1. The van der Waals surface area contributed by atoms with Gasteiger partial charge in [0.05, 0.1) is 11.1 Å². The van der Waals surface area contributed by atoms with Gasteiger partial charge in [-0.25, -0.2) is 0 Å². The van der Waals surface area contributed by atoms with Gasteiger partial charge in [0.2, 0.25) is 0 Å². The lowest BCUT2D eigenvalue weighted by Gasteiger charge is -2.10. The number of rotatable bonds is 1. The highest BCUT2D eigenvalue weighted by Gasteiger charge is 2.34. The third-order valence-electron chi connectivity index (χ3n) is 1.56. The van der Waals surface area contributed by atoms with E-state index in [1.807, 2.05) is 0 Å². The van der Waals surface area contributed by atoms with Gasteiger partial charge in [-0.15, -0.1) is 0 Å². The van der Waals surface area contributed by atoms with Crippen molar-refractivity contribution in [2.75, 3.05) is 0 Å². The first-order valence-electron chi connectivity index (χ1n) is 3.54.